The van der Waals surface area contributed by atoms with E-state index in [1.54, 1.807) is 7.11 Å². The van der Waals surface area contributed by atoms with Crippen LogP contribution in [0.15, 0.2) is 12.1 Å². The van der Waals surface area contributed by atoms with E-state index in [0.29, 0.717) is 17.5 Å². The quantitative estimate of drug-likeness (QED) is 0.820. The predicted octanol–water partition coefficient (Wildman–Crippen LogP) is 1.82. The van der Waals surface area contributed by atoms with Crippen LogP contribution in [0.1, 0.15) is 19.8 Å². The molecule has 0 amide bonds. The number of hydrogen-bond acceptors (Lipinski definition) is 5. The van der Waals surface area contributed by atoms with Crippen LogP contribution in [0, 0.1) is 5.92 Å². The standard InChI is InChI=1S/C14H24N4O/c1-11(10-18-7-3-4-8-18)9-16-13-6-5-12(15)14(17-13)19-2/h5-6,11H,3-4,7-10,15H2,1-2H3,(H,16,17). The van der Waals surface area contributed by atoms with Gasteiger partial charge in [0.25, 0.3) is 0 Å². The Balaban J connectivity index is 1.80. The number of rotatable bonds is 6. The largest absolute Gasteiger partial charge is 0.479 e. The number of likely N-dealkylation sites (tertiary alicyclic amines) is 1. The molecular formula is C14H24N4O. The van der Waals surface area contributed by atoms with Gasteiger partial charge >= 0.3 is 0 Å². The molecule has 1 saturated heterocycles. The third-order valence-electron chi connectivity index (χ3n) is 3.48. The number of nitrogens with zero attached hydrogens (tertiary/aromatic N) is 2. The molecule has 1 unspecified atom stereocenters. The van der Waals surface area contributed by atoms with Crippen LogP contribution in [0.3, 0.4) is 0 Å². The fourth-order valence-corrected chi connectivity index (χ4v) is 2.46. The normalized spacial score (nSPS) is 17.4. The Morgan fingerprint density at radius 3 is 2.84 bits per heavy atom. The van der Waals surface area contributed by atoms with Crippen LogP contribution < -0.4 is 15.8 Å². The van der Waals surface area contributed by atoms with Gasteiger partial charge in [-0.1, -0.05) is 6.92 Å². The Morgan fingerprint density at radius 2 is 2.16 bits per heavy atom. The molecular weight excluding hydrogens is 240 g/mol. The first-order valence-electron chi connectivity index (χ1n) is 6.96. The van der Waals surface area contributed by atoms with E-state index in [4.69, 9.17) is 10.5 Å². The van der Waals surface area contributed by atoms with E-state index in [0.717, 1.165) is 18.9 Å². The van der Waals surface area contributed by atoms with E-state index in [2.05, 4.69) is 22.1 Å². The van der Waals surface area contributed by atoms with Crippen molar-refractivity contribution in [1.82, 2.24) is 9.88 Å². The van der Waals surface area contributed by atoms with Gasteiger partial charge in [0.2, 0.25) is 5.88 Å². The molecule has 2 heterocycles. The van der Waals surface area contributed by atoms with Gasteiger partial charge in [0.1, 0.15) is 5.82 Å². The lowest BCUT2D eigenvalue weighted by Crippen LogP contribution is -2.29. The molecule has 1 aliphatic rings. The van der Waals surface area contributed by atoms with E-state index >= 15 is 0 Å². The first-order valence-corrected chi connectivity index (χ1v) is 6.96. The molecule has 0 aromatic carbocycles. The maximum Gasteiger partial charge on any atom is 0.238 e. The van der Waals surface area contributed by atoms with Gasteiger partial charge in [0.05, 0.1) is 12.8 Å². The summed E-state index contributed by atoms with van der Waals surface area (Å²) in [5.74, 6) is 1.90. The summed E-state index contributed by atoms with van der Waals surface area (Å²) in [5, 5.41) is 3.35. The molecule has 1 aliphatic heterocycles. The highest BCUT2D eigenvalue weighted by atomic mass is 16.5. The van der Waals surface area contributed by atoms with Crippen LogP contribution in [-0.4, -0.2) is 43.2 Å². The van der Waals surface area contributed by atoms with Crippen LogP contribution in [-0.2, 0) is 0 Å². The Hall–Kier alpha value is -1.49. The van der Waals surface area contributed by atoms with Crippen molar-refractivity contribution < 1.29 is 4.74 Å². The van der Waals surface area contributed by atoms with Gasteiger partial charge in [-0.05, 0) is 44.0 Å². The lowest BCUT2D eigenvalue weighted by molar-refractivity contribution is 0.294. The third kappa shape index (κ3) is 3.99. The zero-order valence-electron chi connectivity index (χ0n) is 11.9. The van der Waals surface area contributed by atoms with E-state index in [1.807, 2.05) is 12.1 Å². The van der Waals surface area contributed by atoms with Gasteiger partial charge in [0, 0.05) is 13.1 Å². The van der Waals surface area contributed by atoms with E-state index in [1.165, 1.54) is 25.9 Å². The highest BCUT2D eigenvalue weighted by Gasteiger charge is 2.14. The zero-order chi connectivity index (χ0) is 13.7. The lowest BCUT2D eigenvalue weighted by atomic mass is 10.1. The minimum absolute atomic E-state index is 0.484. The molecule has 0 spiro atoms. The maximum absolute atomic E-state index is 5.74. The topological polar surface area (TPSA) is 63.4 Å². The number of ether oxygens (including phenoxy) is 1. The molecule has 0 aliphatic carbocycles. The van der Waals surface area contributed by atoms with E-state index in [9.17, 15) is 0 Å². The Morgan fingerprint density at radius 1 is 1.42 bits per heavy atom. The van der Waals surface area contributed by atoms with Gasteiger partial charge < -0.3 is 20.7 Å². The smallest absolute Gasteiger partial charge is 0.238 e. The van der Waals surface area contributed by atoms with Crippen molar-refractivity contribution in [2.24, 2.45) is 5.92 Å². The van der Waals surface area contributed by atoms with Gasteiger partial charge in [-0.2, -0.15) is 4.98 Å². The number of pyridine rings is 1. The van der Waals surface area contributed by atoms with Crippen LogP contribution in [0.2, 0.25) is 0 Å². The molecule has 1 fully saturated rings. The number of hydrogen-bond donors (Lipinski definition) is 2. The number of methoxy groups -OCH3 is 1. The number of aromatic nitrogens is 1. The first-order chi connectivity index (χ1) is 9.19. The van der Waals surface area contributed by atoms with E-state index in [-0.39, 0.29) is 0 Å². The molecule has 106 valence electrons. The predicted molar refractivity (Wildman–Crippen MR) is 78.5 cm³/mol. The minimum atomic E-state index is 0.484. The summed E-state index contributed by atoms with van der Waals surface area (Å²) in [6.45, 7) is 6.83. The maximum atomic E-state index is 5.74. The minimum Gasteiger partial charge on any atom is -0.479 e. The van der Waals surface area contributed by atoms with Crippen LogP contribution in [0.25, 0.3) is 0 Å². The third-order valence-corrected chi connectivity index (χ3v) is 3.48. The average Bonchev–Trinajstić information content (AvgIpc) is 2.90. The summed E-state index contributed by atoms with van der Waals surface area (Å²) in [7, 11) is 1.58. The molecule has 19 heavy (non-hydrogen) atoms. The van der Waals surface area contributed by atoms with Crippen molar-refractivity contribution in [3.8, 4) is 5.88 Å². The number of nitrogens with one attached hydrogen (secondary N) is 1. The Bertz CT molecular complexity index is 404. The number of nitrogen functional groups attached to an aromatic ring is 1. The summed E-state index contributed by atoms with van der Waals surface area (Å²) in [6.07, 6.45) is 2.69. The molecule has 0 radical (unpaired) electrons. The summed E-state index contributed by atoms with van der Waals surface area (Å²) in [6, 6.07) is 3.71. The SMILES string of the molecule is COc1nc(NCC(C)CN2CCCC2)ccc1N. The van der Waals surface area contributed by atoms with Gasteiger partial charge in [-0.15, -0.1) is 0 Å². The second kappa shape index (κ2) is 6.61. The summed E-state index contributed by atoms with van der Waals surface area (Å²) in [4.78, 5) is 6.85. The van der Waals surface area contributed by atoms with Crippen molar-refractivity contribution in [3.05, 3.63) is 12.1 Å². The molecule has 0 saturated carbocycles. The summed E-state index contributed by atoms with van der Waals surface area (Å²) < 4.78 is 5.12. The molecule has 5 heteroatoms. The van der Waals surface area contributed by atoms with Crippen molar-refractivity contribution in [2.45, 2.75) is 19.8 Å². The highest BCUT2D eigenvalue weighted by molar-refractivity contribution is 5.53. The second-order valence-electron chi connectivity index (χ2n) is 5.29. The molecule has 1 atom stereocenters. The monoisotopic (exact) mass is 264 g/mol. The highest BCUT2D eigenvalue weighted by Crippen LogP contribution is 2.20. The Kier molecular flexibility index (Phi) is 4.85. The molecule has 2 rings (SSSR count). The van der Waals surface area contributed by atoms with Gasteiger partial charge in [-0.3, -0.25) is 0 Å². The van der Waals surface area contributed by atoms with E-state index < -0.39 is 0 Å². The fourth-order valence-electron chi connectivity index (χ4n) is 2.46. The van der Waals surface area contributed by atoms with Crippen LogP contribution >= 0.6 is 0 Å². The van der Waals surface area contributed by atoms with Gasteiger partial charge in [-0.25, -0.2) is 0 Å². The summed E-state index contributed by atoms with van der Waals surface area (Å²) >= 11 is 0. The molecule has 0 bridgehead atoms. The molecule has 1 aromatic heterocycles. The summed E-state index contributed by atoms with van der Waals surface area (Å²) in [5.41, 5.74) is 6.31. The van der Waals surface area contributed by atoms with Crippen molar-refractivity contribution in [3.63, 3.8) is 0 Å². The Labute approximate surface area is 115 Å². The number of nitrogens with two attached hydrogens (primary N) is 1. The fraction of sp³-hybridized carbons (Fsp3) is 0.643. The second-order valence-corrected chi connectivity index (χ2v) is 5.29. The molecule has 5 nitrogen and oxygen atoms in total. The van der Waals surface area contributed by atoms with Gasteiger partial charge in [0.15, 0.2) is 0 Å². The van der Waals surface area contributed by atoms with Crippen molar-refractivity contribution in [2.75, 3.05) is 44.3 Å². The van der Waals surface area contributed by atoms with Crippen molar-refractivity contribution >= 4 is 11.5 Å². The van der Waals surface area contributed by atoms with Crippen molar-refractivity contribution in [1.29, 1.82) is 0 Å². The average molecular weight is 264 g/mol. The van der Waals surface area contributed by atoms with Crippen LogP contribution in [0.4, 0.5) is 11.5 Å². The zero-order valence-corrected chi connectivity index (χ0v) is 11.9. The first kappa shape index (κ1) is 13.9. The number of anilines is 2. The van der Waals surface area contributed by atoms with Crippen LogP contribution in [0.5, 0.6) is 5.88 Å². The molecule has 1 aromatic rings. The lowest BCUT2D eigenvalue weighted by Gasteiger charge is -2.20. The molecule has 3 N–H and O–H groups in total.